The summed E-state index contributed by atoms with van der Waals surface area (Å²) in [6.07, 6.45) is 2.76. The first kappa shape index (κ1) is 21.1. The number of hydrogen-bond donors (Lipinski definition) is 1. The number of benzene rings is 2. The minimum absolute atomic E-state index is 0.0916. The van der Waals surface area contributed by atoms with Crippen LogP contribution in [-0.2, 0) is 19.6 Å². The molecule has 0 atom stereocenters. The molecule has 0 spiro atoms. The molecule has 2 aliphatic rings. The van der Waals surface area contributed by atoms with Gasteiger partial charge in [0.15, 0.2) is 18.1 Å². The van der Waals surface area contributed by atoms with Crippen LogP contribution < -0.4 is 14.8 Å². The molecule has 1 N–H and O–H groups in total. The number of nitrogens with one attached hydrogen (secondary N) is 1. The number of carbonyl (C=O) groups is 2. The van der Waals surface area contributed by atoms with Crippen molar-refractivity contribution in [1.29, 1.82) is 0 Å². The van der Waals surface area contributed by atoms with Crippen molar-refractivity contribution in [3.63, 3.8) is 0 Å². The smallest absolute Gasteiger partial charge is 0.338 e. The van der Waals surface area contributed by atoms with E-state index in [2.05, 4.69) is 5.32 Å². The van der Waals surface area contributed by atoms with Gasteiger partial charge in [0.1, 0.15) is 0 Å². The van der Waals surface area contributed by atoms with Crippen LogP contribution in [0.4, 0.5) is 5.69 Å². The Bertz CT molecular complexity index is 1080. The van der Waals surface area contributed by atoms with E-state index in [0.717, 1.165) is 19.3 Å². The fraction of sp³-hybridized carbons (Fsp3) is 0.333. The Morgan fingerprint density at radius 1 is 0.968 bits per heavy atom. The van der Waals surface area contributed by atoms with Crippen molar-refractivity contribution in [2.24, 2.45) is 0 Å². The van der Waals surface area contributed by atoms with Crippen molar-refractivity contribution in [2.75, 3.05) is 31.8 Å². The second-order valence-corrected chi connectivity index (χ2v) is 9.12. The topological polar surface area (TPSA) is 111 Å². The lowest BCUT2D eigenvalue weighted by Crippen LogP contribution is -2.35. The van der Waals surface area contributed by atoms with Crippen LogP contribution in [-0.4, -0.2) is 51.1 Å². The molecule has 1 amide bonds. The zero-order valence-electron chi connectivity index (χ0n) is 16.7. The first-order chi connectivity index (χ1) is 14.9. The second-order valence-electron chi connectivity index (χ2n) is 7.18. The van der Waals surface area contributed by atoms with Crippen LogP contribution >= 0.6 is 0 Å². The largest absolute Gasteiger partial charge is 0.454 e. The summed E-state index contributed by atoms with van der Waals surface area (Å²) in [5.74, 6) is -0.226. The number of amides is 1. The molecule has 4 rings (SSSR count). The lowest BCUT2D eigenvalue weighted by molar-refractivity contribution is -0.119. The minimum atomic E-state index is -3.53. The highest BCUT2D eigenvalue weighted by Crippen LogP contribution is 2.32. The average Bonchev–Trinajstić information content (AvgIpc) is 3.26. The van der Waals surface area contributed by atoms with Gasteiger partial charge in [-0.1, -0.05) is 6.42 Å². The lowest BCUT2D eigenvalue weighted by atomic mass is 10.2. The van der Waals surface area contributed by atoms with Crippen molar-refractivity contribution in [2.45, 2.75) is 24.2 Å². The van der Waals surface area contributed by atoms with Crippen LogP contribution in [0, 0.1) is 0 Å². The fourth-order valence-electron chi connectivity index (χ4n) is 3.40. The summed E-state index contributed by atoms with van der Waals surface area (Å²) in [4.78, 5) is 24.4. The number of carbonyl (C=O) groups excluding carboxylic acids is 2. The number of sulfonamides is 1. The molecule has 0 saturated carbocycles. The summed E-state index contributed by atoms with van der Waals surface area (Å²) < 4.78 is 42.2. The molecule has 0 bridgehead atoms. The van der Waals surface area contributed by atoms with Crippen molar-refractivity contribution < 1.29 is 32.2 Å². The first-order valence-corrected chi connectivity index (χ1v) is 11.3. The van der Waals surface area contributed by atoms with Gasteiger partial charge in [-0.05, 0) is 55.3 Å². The molecule has 2 aliphatic heterocycles. The summed E-state index contributed by atoms with van der Waals surface area (Å²) >= 11 is 0. The summed E-state index contributed by atoms with van der Waals surface area (Å²) in [5, 5.41) is 2.58. The van der Waals surface area contributed by atoms with Crippen LogP contribution in [0.5, 0.6) is 11.5 Å². The Morgan fingerprint density at radius 3 is 2.42 bits per heavy atom. The maximum Gasteiger partial charge on any atom is 0.338 e. The predicted octanol–water partition coefficient (Wildman–Crippen LogP) is 2.39. The molecular formula is C21H22N2O7S. The van der Waals surface area contributed by atoms with Crippen molar-refractivity contribution >= 4 is 27.6 Å². The molecule has 2 heterocycles. The van der Waals surface area contributed by atoms with E-state index in [1.165, 1.54) is 40.7 Å². The number of piperidine rings is 1. The van der Waals surface area contributed by atoms with Crippen LogP contribution in [0.1, 0.15) is 29.6 Å². The van der Waals surface area contributed by atoms with Crippen LogP contribution in [0.25, 0.3) is 0 Å². The van der Waals surface area contributed by atoms with Crippen LogP contribution in [0.3, 0.4) is 0 Å². The van der Waals surface area contributed by atoms with Gasteiger partial charge in [-0.25, -0.2) is 13.2 Å². The van der Waals surface area contributed by atoms with Gasteiger partial charge in [0.05, 0.1) is 10.5 Å². The van der Waals surface area contributed by atoms with Gasteiger partial charge in [0.2, 0.25) is 16.8 Å². The maximum absolute atomic E-state index is 12.7. The molecule has 10 heteroatoms. The predicted molar refractivity (Wildman–Crippen MR) is 111 cm³/mol. The number of hydrogen-bond acceptors (Lipinski definition) is 7. The first-order valence-electron chi connectivity index (χ1n) is 9.90. The number of esters is 1. The Kier molecular flexibility index (Phi) is 6.10. The number of ether oxygens (including phenoxy) is 3. The van der Waals surface area contributed by atoms with Gasteiger partial charge < -0.3 is 19.5 Å². The maximum atomic E-state index is 12.7. The highest BCUT2D eigenvalue weighted by atomic mass is 32.2. The standard InChI is InChI=1S/C21H22N2O7S/c24-20(13-28-21(25)15-4-9-18-19(12-15)30-14-29-18)22-16-5-7-17(8-6-16)31(26,27)23-10-2-1-3-11-23/h4-9,12H,1-3,10-11,13-14H2,(H,22,24). The van der Waals surface area contributed by atoms with E-state index in [1.807, 2.05) is 0 Å². The monoisotopic (exact) mass is 446 g/mol. The molecular weight excluding hydrogens is 424 g/mol. The number of fused-ring (bicyclic) bond motifs is 1. The van der Waals surface area contributed by atoms with E-state index < -0.39 is 28.5 Å². The third-order valence-corrected chi connectivity index (χ3v) is 6.95. The number of nitrogens with zero attached hydrogens (tertiary/aromatic N) is 1. The highest BCUT2D eigenvalue weighted by molar-refractivity contribution is 7.89. The molecule has 2 aromatic rings. The zero-order chi connectivity index (χ0) is 21.8. The van der Waals surface area contributed by atoms with Gasteiger partial charge >= 0.3 is 5.97 Å². The zero-order valence-corrected chi connectivity index (χ0v) is 17.5. The Balaban J connectivity index is 1.31. The van der Waals surface area contributed by atoms with E-state index in [1.54, 1.807) is 6.07 Å². The van der Waals surface area contributed by atoms with Crippen LogP contribution in [0.2, 0.25) is 0 Å². The Labute approximate surface area is 179 Å². The minimum Gasteiger partial charge on any atom is -0.454 e. The number of rotatable bonds is 6. The van der Waals surface area contributed by atoms with Gasteiger partial charge in [0, 0.05) is 18.8 Å². The summed E-state index contributed by atoms with van der Waals surface area (Å²) in [7, 11) is -3.53. The molecule has 1 fully saturated rings. The van der Waals surface area contributed by atoms with Crippen molar-refractivity contribution in [1.82, 2.24) is 4.31 Å². The van der Waals surface area contributed by atoms with E-state index in [0.29, 0.717) is 30.3 Å². The average molecular weight is 446 g/mol. The molecule has 0 unspecified atom stereocenters. The summed E-state index contributed by atoms with van der Waals surface area (Å²) in [6.45, 7) is 0.653. The number of anilines is 1. The summed E-state index contributed by atoms with van der Waals surface area (Å²) in [5.41, 5.74) is 0.644. The molecule has 2 aromatic carbocycles. The quantitative estimate of drug-likeness (QED) is 0.678. The third-order valence-electron chi connectivity index (χ3n) is 5.03. The van der Waals surface area contributed by atoms with Gasteiger partial charge in [0.25, 0.3) is 5.91 Å². The third kappa shape index (κ3) is 4.80. The molecule has 9 nitrogen and oxygen atoms in total. The van der Waals surface area contributed by atoms with Crippen LogP contribution in [0.15, 0.2) is 47.4 Å². The SMILES string of the molecule is O=C(COC(=O)c1ccc2c(c1)OCO2)Nc1ccc(S(=O)(=O)N2CCCCC2)cc1. The van der Waals surface area contributed by atoms with E-state index in [9.17, 15) is 18.0 Å². The molecule has 0 radical (unpaired) electrons. The Hall–Kier alpha value is -3.11. The van der Waals surface area contributed by atoms with E-state index >= 15 is 0 Å². The van der Waals surface area contributed by atoms with E-state index in [4.69, 9.17) is 14.2 Å². The Morgan fingerprint density at radius 2 is 1.68 bits per heavy atom. The molecule has 1 saturated heterocycles. The molecule has 0 aromatic heterocycles. The fourth-order valence-corrected chi connectivity index (χ4v) is 4.92. The highest BCUT2D eigenvalue weighted by Gasteiger charge is 2.25. The normalized spacial score (nSPS) is 16.0. The van der Waals surface area contributed by atoms with E-state index in [-0.39, 0.29) is 17.3 Å². The van der Waals surface area contributed by atoms with Gasteiger partial charge in [-0.3, -0.25) is 4.79 Å². The van der Waals surface area contributed by atoms with Gasteiger partial charge in [-0.15, -0.1) is 0 Å². The lowest BCUT2D eigenvalue weighted by Gasteiger charge is -2.25. The second kappa shape index (κ2) is 8.94. The van der Waals surface area contributed by atoms with Crippen molar-refractivity contribution in [3.05, 3.63) is 48.0 Å². The van der Waals surface area contributed by atoms with Gasteiger partial charge in [-0.2, -0.15) is 4.31 Å². The van der Waals surface area contributed by atoms with Crippen molar-refractivity contribution in [3.8, 4) is 11.5 Å². The molecule has 31 heavy (non-hydrogen) atoms. The molecule has 164 valence electrons. The summed E-state index contributed by atoms with van der Waals surface area (Å²) in [6, 6.07) is 10.5. The molecule has 0 aliphatic carbocycles.